The fraction of sp³-hybridized carbons (Fsp3) is 0.391. The van der Waals surface area contributed by atoms with E-state index in [1.54, 1.807) is 12.1 Å². The molecule has 3 rings (SSSR count). The number of piperazine rings is 1. The van der Waals surface area contributed by atoms with E-state index in [0.717, 1.165) is 23.2 Å². The van der Waals surface area contributed by atoms with Gasteiger partial charge in [0.15, 0.2) is 0 Å². The molecular formula is C23H26ClFN2O2. The summed E-state index contributed by atoms with van der Waals surface area (Å²) in [7, 11) is 0. The SMILES string of the molecule is Cc1cc(Cl)c(OCN2C[C@@H](C)N(Cc3ccc(F)cc3)C(=C=O)[C@@H]2C)cc1C. The highest BCUT2D eigenvalue weighted by Crippen LogP contribution is 2.30. The van der Waals surface area contributed by atoms with Crippen molar-refractivity contribution in [2.45, 2.75) is 46.3 Å². The summed E-state index contributed by atoms with van der Waals surface area (Å²) in [5.41, 5.74) is 3.75. The van der Waals surface area contributed by atoms with Gasteiger partial charge in [-0.15, -0.1) is 0 Å². The van der Waals surface area contributed by atoms with Crippen LogP contribution in [0.15, 0.2) is 42.1 Å². The molecule has 0 spiro atoms. The average Bonchev–Trinajstić information content (AvgIpc) is 2.68. The van der Waals surface area contributed by atoms with Crippen molar-refractivity contribution in [3.05, 3.63) is 69.6 Å². The topological polar surface area (TPSA) is 32.8 Å². The predicted octanol–water partition coefficient (Wildman–Crippen LogP) is 4.74. The van der Waals surface area contributed by atoms with E-state index in [2.05, 4.69) is 17.8 Å². The molecule has 0 aliphatic carbocycles. The van der Waals surface area contributed by atoms with Crippen LogP contribution in [0.1, 0.15) is 30.5 Å². The van der Waals surface area contributed by atoms with E-state index in [0.29, 0.717) is 29.7 Å². The number of benzene rings is 2. The molecule has 2 atom stereocenters. The Bertz CT molecular complexity index is 925. The average molecular weight is 417 g/mol. The lowest BCUT2D eigenvalue weighted by Gasteiger charge is -2.45. The first-order chi connectivity index (χ1) is 13.8. The standard InChI is InChI=1S/C23H26ClFN2O2/c1-15-9-21(24)23(10-16(15)2)29-14-26-11-17(3)27(22(13-28)18(26)4)12-19-5-7-20(25)8-6-19/h5-10,17-18H,11-12,14H2,1-4H3/t17-,18+/m1/s1. The molecule has 0 amide bonds. The molecule has 6 heteroatoms. The minimum atomic E-state index is -0.270. The normalized spacial score (nSPS) is 19.9. The fourth-order valence-electron chi connectivity index (χ4n) is 3.60. The Kier molecular flexibility index (Phi) is 6.63. The van der Waals surface area contributed by atoms with Crippen LogP contribution in [0.4, 0.5) is 4.39 Å². The molecule has 29 heavy (non-hydrogen) atoms. The van der Waals surface area contributed by atoms with E-state index in [-0.39, 0.29) is 17.9 Å². The summed E-state index contributed by atoms with van der Waals surface area (Å²) in [6.45, 7) is 9.63. The molecule has 1 saturated heterocycles. The van der Waals surface area contributed by atoms with Crippen molar-refractivity contribution in [1.82, 2.24) is 9.80 Å². The van der Waals surface area contributed by atoms with Gasteiger partial charge < -0.3 is 9.64 Å². The molecule has 1 aliphatic rings. The van der Waals surface area contributed by atoms with E-state index in [9.17, 15) is 9.18 Å². The zero-order valence-corrected chi connectivity index (χ0v) is 18.0. The second-order valence-electron chi connectivity index (χ2n) is 7.68. The maximum atomic E-state index is 13.2. The Hall–Kier alpha value is -2.33. The molecule has 4 nitrogen and oxygen atoms in total. The number of ether oxygens (including phenoxy) is 1. The second kappa shape index (κ2) is 9.00. The van der Waals surface area contributed by atoms with Crippen LogP contribution in [0.5, 0.6) is 5.75 Å². The molecule has 1 heterocycles. The largest absolute Gasteiger partial charge is 0.477 e. The number of hydrogen-bond acceptors (Lipinski definition) is 4. The van der Waals surface area contributed by atoms with Crippen molar-refractivity contribution in [1.29, 1.82) is 0 Å². The van der Waals surface area contributed by atoms with Crippen LogP contribution in [0, 0.1) is 19.7 Å². The zero-order chi connectivity index (χ0) is 21.1. The highest BCUT2D eigenvalue weighted by atomic mass is 35.5. The van der Waals surface area contributed by atoms with Gasteiger partial charge in [-0.3, -0.25) is 4.90 Å². The Balaban J connectivity index is 1.71. The van der Waals surface area contributed by atoms with Gasteiger partial charge in [0.1, 0.15) is 29.9 Å². The maximum absolute atomic E-state index is 13.2. The van der Waals surface area contributed by atoms with Crippen LogP contribution >= 0.6 is 11.6 Å². The van der Waals surface area contributed by atoms with Crippen molar-refractivity contribution >= 4 is 17.5 Å². The summed E-state index contributed by atoms with van der Waals surface area (Å²) >= 11 is 6.32. The molecule has 0 bridgehead atoms. The highest BCUT2D eigenvalue weighted by molar-refractivity contribution is 6.32. The van der Waals surface area contributed by atoms with Gasteiger partial charge in [-0.05, 0) is 68.7 Å². The van der Waals surface area contributed by atoms with Crippen molar-refractivity contribution in [3.63, 3.8) is 0 Å². The van der Waals surface area contributed by atoms with Gasteiger partial charge in [0.05, 0.1) is 11.1 Å². The molecule has 2 aromatic rings. The lowest BCUT2D eigenvalue weighted by atomic mass is 10.0. The Morgan fingerprint density at radius 3 is 2.48 bits per heavy atom. The van der Waals surface area contributed by atoms with E-state index >= 15 is 0 Å². The minimum absolute atomic E-state index is 0.0755. The monoisotopic (exact) mass is 416 g/mol. The molecule has 0 radical (unpaired) electrons. The van der Waals surface area contributed by atoms with Crippen LogP contribution in [0.3, 0.4) is 0 Å². The van der Waals surface area contributed by atoms with Gasteiger partial charge in [-0.2, -0.15) is 0 Å². The number of nitrogens with zero attached hydrogens (tertiary/aromatic N) is 2. The van der Waals surface area contributed by atoms with E-state index in [1.165, 1.54) is 12.1 Å². The molecule has 1 aliphatic heterocycles. The Morgan fingerprint density at radius 1 is 1.17 bits per heavy atom. The van der Waals surface area contributed by atoms with Crippen molar-refractivity contribution in [3.8, 4) is 5.75 Å². The molecule has 0 aromatic heterocycles. The minimum Gasteiger partial charge on any atom is -0.477 e. The number of hydrogen-bond donors (Lipinski definition) is 0. The van der Waals surface area contributed by atoms with Gasteiger partial charge in [-0.25, -0.2) is 9.18 Å². The van der Waals surface area contributed by atoms with Gasteiger partial charge in [-0.1, -0.05) is 23.7 Å². The third-order valence-corrected chi connectivity index (χ3v) is 5.88. The van der Waals surface area contributed by atoms with Gasteiger partial charge in [0.2, 0.25) is 0 Å². The van der Waals surface area contributed by atoms with E-state index < -0.39 is 0 Å². The summed E-state index contributed by atoms with van der Waals surface area (Å²) in [4.78, 5) is 15.9. The number of rotatable bonds is 5. The summed E-state index contributed by atoms with van der Waals surface area (Å²) in [5.74, 6) is 2.49. The van der Waals surface area contributed by atoms with Crippen LogP contribution < -0.4 is 4.74 Å². The molecule has 1 fully saturated rings. The van der Waals surface area contributed by atoms with Gasteiger partial charge in [0.25, 0.3) is 0 Å². The van der Waals surface area contributed by atoms with Crippen LogP contribution in [0.25, 0.3) is 0 Å². The first-order valence-corrected chi connectivity index (χ1v) is 10.1. The summed E-state index contributed by atoms with van der Waals surface area (Å²) in [6, 6.07) is 10.1. The summed E-state index contributed by atoms with van der Waals surface area (Å²) in [5, 5.41) is 0.579. The summed E-state index contributed by atoms with van der Waals surface area (Å²) < 4.78 is 19.2. The highest BCUT2D eigenvalue weighted by Gasteiger charge is 2.34. The Morgan fingerprint density at radius 2 is 1.83 bits per heavy atom. The number of aryl methyl sites for hydroxylation is 2. The molecular weight excluding hydrogens is 391 g/mol. The van der Waals surface area contributed by atoms with Crippen LogP contribution in [0.2, 0.25) is 5.02 Å². The number of halogens is 2. The fourth-order valence-corrected chi connectivity index (χ4v) is 3.87. The summed E-state index contributed by atoms with van der Waals surface area (Å²) in [6.07, 6.45) is 0. The molecule has 0 unspecified atom stereocenters. The van der Waals surface area contributed by atoms with Crippen molar-refractivity contribution in [2.75, 3.05) is 13.3 Å². The molecule has 154 valence electrons. The first-order valence-electron chi connectivity index (χ1n) is 9.69. The lowest BCUT2D eigenvalue weighted by Crippen LogP contribution is -2.55. The molecule has 2 aromatic carbocycles. The smallest absolute Gasteiger partial charge is 0.147 e. The quantitative estimate of drug-likeness (QED) is 0.659. The van der Waals surface area contributed by atoms with Crippen LogP contribution in [-0.2, 0) is 11.3 Å². The number of carbonyl (C=O) groups excluding carboxylic acids is 1. The molecule has 0 saturated carbocycles. The lowest BCUT2D eigenvalue weighted by molar-refractivity contribution is 0.0286. The Labute approximate surface area is 176 Å². The van der Waals surface area contributed by atoms with Crippen molar-refractivity contribution < 1.29 is 13.9 Å². The van der Waals surface area contributed by atoms with Crippen molar-refractivity contribution in [2.24, 2.45) is 0 Å². The third kappa shape index (κ3) is 4.81. The van der Waals surface area contributed by atoms with E-state index in [1.807, 2.05) is 37.8 Å². The molecule has 0 N–H and O–H groups in total. The van der Waals surface area contributed by atoms with E-state index in [4.69, 9.17) is 16.3 Å². The second-order valence-corrected chi connectivity index (χ2v) is 8.09. The third-order valence-electron chi connectivity index (χ3n) is 5.59. The zero-order valence-electron chi connectivity index (χ0n) is 17.2. The maximum Gasteiger partial charge on any atom is 0.147 e. The van der Waals surface area contributed by atoms with Gasteiger partial charge in [0, 0.05) is 19.1 Å². The van der Waals surface area contributed by atoms with Gasteiger partial charge >= 0.3 is 0 Å². The van der Waals surface area contributed by atoms with Crippen LogP contribution in [-0.4, -0.2) is 41.1 Å². The predicted molar refractivity (Wildman–Crippen MR) is 113 cm³/mol. The first kappa shape index (κ1) is 21.4.